The predicted octanol–water partition coefficient (Wildman–Crippen LogP) is 4.19. The molecule has 3 rings (SSSR count). The van der Waals surface area contributed by atoms with Gasteiger partial charge in [-0.15, -0.1) is 0 Å². The lowest BCUT2D eigenvalue weighted by molar-refractivity contribution is 0.0258. The number of fused-ring (bicyclic) bond motifs is 1. The number of amides is 1. The molecule has 0 aliphatic carbocycles. The highest BCUT2D eigenvalue weighted by Gasteiger charge is 2.24. The van der Waals surface area contributed by atoms with Gasteiger partial charge in [-0.25, -0.2) is 9.78 Å². The lowest BCUT2D eigenvalue weighted by Crippen LogP contribution is -2.38. The fourth-order valence-electron chi connectivity index (χ4n) is 3.05. The predicted molar refractivity (Wildman–Crippen MR) is 104 cm³/mol. The molecule has 0 saturated carbocycles. The Morgan fingerprint density at radius 3 is 2.46 bits per heavy atom. The Balaban J connectivity index is 1.74. The summed E-state index contributed by atoms with van der Waals surface area (Å²) in [4.78, 5) is 21.1. The normalized spacial score (nSPS) is 14.4. The summed E-state index contributed by atoms with van der Waals surface area (Å²) < 4.78 is 5.51. The lowest BCUT2D eigenvalue weighted by Gasteiger charge is -2.26. The molecule has 1 aliphatic heterocycles. The molecule has 0 N–H and O–H groups in total. The average Bonchev–Trinajstić information content (AvgIpc) is 2.82. The van der Waals surface area contributed by atoms with Crippen LogP contribution in [-0.4, -0.2) is 41.7 Å². The Bertz CT molecular complexity index is 769. The van der Waals surface area contributed by atoms with E-state index >= 15 is 0 Å². The van der Waals surface area contributed by atoms with Gasteiger partial charge in [0.1, 0.15) is 11.4 Å². The van der Waals surface area contributed by atoms with Gasteiger partial charge >= 0.3 is 6.09 Å². The number of carbonyl (C=O) groups excluding carboxylic acids is 1. The van der Waals surface area contributed by atoms with E-state index in [0.29, 0.717) is 13.1 Å². The van der Waals surface area contributed by atoms with Gasteiger partial charge in [-0.1, -0.05) is 24.3 Å². The number of aromatic nitrogens is 1. The van der Waals surface area contributed by atoms with E-state index in [1.54, 1.807) is 4.90 Å². The summed E-state index contributed by atoms with van der Waals surface area (Å²) in [5.41, 5.74) is 2.90. The number of benzene rings is 1. The van der Waals surface area contributed by atoms with Gasteiger partial charge in [0.25, 0.3) is 0 Å². The molecule has 1 aromatic heterocycles. The van der Waals surface area contributed by atoms with Crippen molar-refractivity contribution in [3.63, 3.8) is 0 Å². The van der Waals surface area contributed by atoms with Crippen LogP contribution in [0.2, 0.25) is 0 Å². The van der Waals surface area contributed by atoms with Crippen molar-refractivity contribution in [2.45, 2.75) is 39.2 Å². The van der Waals surface area contributed by atoms with Crippen LogP contribution in [-0.2, 0) is 17.6 Å². The molecular formula is C21H27N3O2. The minimum atomic E-state index is -0.472. The molecule has 0 saturated heterocycles. The molecule has 26 heavy (non-hydrogen) atoms. The number of hydrogen-bond donors (Lipinski definition) is 0. The van der Waals surface area contributed by atoms with E-state index in [1.807, 2.05) is 46.0 Å². The van der Waals surface area contributed by atoms with E-state index in [4.69, 9.17) is 9.72 Å². The van der Waals surface area contributed by atoms with Crippen molar-refractivity contribution in [2.24, 2.45) is 0 Å². The molecule has 0 spiro atoms. The van der Waals surface area contributed by atoms with Crippen LogP contribution in [0.4, 0.5) is 16.3 Å². The number of carbonyl (C=O) groups is 1. The minimum Gasteiger partial charge on any atom is -0.444 e. The Hall–Kier alpha value is -2.56. The maximum absolute atomic E-state index is 12.4. The molecule has 0 fully saturated rings. The zero-order chi connectivity index (χ0) is 18.7. The van der Waals surface area contributed by atoms with Crippen molar-refractivity contribution in [1.82, 2.24) is 9.88 Å². The van der Waals surface area contributed by atoms with Crippen molar-refractivity contribution in [3.05, 3.63) is 53.7 Å². The summed E-state index contributed by atoms with van der Waals surface area (Å²) in [5, 5.41) is 0. The van der Waals surface area contributed by atoms with E-state index in [1.165, 1.54) is 5.56 Å². The fraction of sp³-hybridized carbons (Fsp3) is 0.429. The van der Waals surface area contributed by atoms with Crippen molar-refractivity contribution in [1.29, 1.82) is 0 Å². The Kier molecular flexibility index (Phi) is 5.16. The highest BCUT2D eigenvalue weighted by atomic mass is 16.6. The lowest BCUT2D eigenvalue weighted by atomic mass is 10.1. The van der Waals surface area contributed by atoms with Gasteiger partial charge in [-0.05, 0) is 51.0 Å². The van der Waals surface area contributed by atoms with Crippen molar-refractivity contribution in [2.75, 3.05) is 25.0 Å². The Morgan fingerprint density at radius 1 is 1.08 bits per heavy atom. The van der Waals surface area contributed by atoms with Gasteiger partial charge in [0, 0.05) is 37.9 Å². The molecule has 0 bridgehead atoms. The molecule has 1 amide bonds. The molecule has 5 nitrogen and oxygen atoms in total. The first-order valence-electron chi connectivity index (χ1n) is 9.09. The molecule has 138 valence electrons. The third-order valence-electron chi connectivity index (χ3n) is 4.46. The summed E-state index contributed by atoms with van der Waals surface area (Å²) in [6.45, 7) is 6.98. The monoisotopic (exact) mass is 353 g/mol. The minimum absolute atomic E-state index is 0.244. The van der Waals surface area contributed by atoms with E-state index in [2.05, 4.69) is 29.2 Å². The number of pyridine rings is 1. The van der Waals surface area contributed by atoms with Crippen LogP contribution in [0.15, 0.2) is 42.5 Å². The number of hydrogen-bond acceptors (Lipinski definition) is 4. The second-order valence-electron chi connectivity index (χ2n) is 7.64. The van der Waals surface area contributed by atoms with Gasteiger partial charge in [-0.2, -0.15) is 0 Å². The number of para-hydroxylation sites is 1. The van der Waals surface area contributed by atoms with Gasteiger partial charge < -0.3 is 14.5 Å². The van der Waals surface area contributed by atoms with Crippen molar-refractivity contribution in [3.8, 4) is 0 Å². The zero-order valence-electron chi connectivity index (χ0n) is 16.0. The van der Waals surface area contributed by atoms with Gasteiger partial charge in [0.05, 0.1) is 0 Å². The third kappa shape index (κ3) is 4.34. The highest BCUT2D eigenvalue weighted by molar-refractivity contribution is 5.68. The Labute approximate surface area is 155 Å². The first-order valence-corrected chi connectivity index (χ1v) is 9.09. The van der Waals surface area contributed by atoms with E-state index in [-0.39, 0.29) is 6.09 Å². The molecule has 0 radical (unpaired) electrons. The van der Waals surface area contributed by atoms with Crippen LogP contribution in [0.5, 0.6) is 0 Å². The highest BCUT2D eigenvalue weighted by Crippen LogP contribution is 2.24. The number of anilines is 2. The van der Waals surface area contributed by atoms with Crippen LogP contribution in [0.3, 0.4) is 0 Å². The molecule has 2 heterocycles. The first-order chi connectivity index (χ1) is 12.3. The van der Waals surface area contributed by atoms with Crippen LogP contribution < -0.4 is 4.90 Å². The summed E-state index contributed by atoms with van der Waals surface area (Å²) in [5.74, 6) is 0.917. The fourth-order valence-corrected chi connectivity index (χ4v) is 3.05. The molecule has 2 aromatic rings. The van der Waals surface area contributed by atoms with Crippen molar-refractivity contribution < 1.29 is 9.53 Å². The largest absolute Gasteiger partial charge is 0.444 e. The van der Waals surface area contributed by atoms with E-state index < -0.39 is 5.60 Å². The summed E-state index contributed by atoms with van der Waals surface area (Å²) >= 11 is 0. The second-order valence-corrected chi connectivity index (χ2v) is 7.64. The summed E-state index contributed by atoms with van der Waals surface area (Å²) in [7, 11) is 2.02. The molecule has 1 aromatic carbocycles. The van der Waals surface area contributed by atoms with Crippen LogP contribution in [0.25, 0.3) is 0 Å². The topological polar surface area (TPSA) is 45.7 Å². The summed E-state index contributed by atoms with van der Waals surface area (Å²) in [6, 6.07) is 14.4. The average molecular weight is 353 g/mol. The third-order valence-corrected chi connectivity index (χ3v) is 4.46. The summed E-state index contributed by atoms with van der Waals surface area (Å²) in [6.07, 6.45) is 1.30. The zero-order valence-corrected chi connectivity index (χ0v) is 16.0. The van der Waals surface area contributed by atoms with E-state index in [0.717, 1.165) is 30.0 Å². The van der Waals surface area contributed by atoms with Crippen LogP contribution in [0.1, 0.15) is 32.0 Å². The molecular weight excluding hydrogens is 326 g/mol. The quantitative estimate of drug-likeness (QED) is 0.812. The number of rotatable bonds is 2. The molecule has 1 aliphatic rings. The van der Waals surface area contributed by atoms with Crippen molar-refractivity contribution >= 4 is 17.6 Å². The maximum Gasteiger partial charge on any atom is 0.410 e. The standard InChI is InChI=1S/C21H27N3O2/c1-21(2,3)26-20(25)24-14-12-16-10-11-19(22-18(16)13-15-24)23(4)17-8-6-5-7-9-17/h5-11H,12-15H2,1-4H3. The van der Waals surface area contributed by atoms with Crippen LogP contribution >= 0.6 is 0 Å². The molecule has 5 heteroatoms. The molecule has 0 atom stereocenters. The van der Waals surface area contributed by atoms with E-state index in [9.17, 15) is 4.79 Å². The number of nitrogens with zero attached hydrogens (tertiary/aromatic N) is 3. The second kappa shape index (κ2) is 7.36. The SMILES string of the molecule is CN(c1ccccc1)c1ccc2c(n1)CCN(C(=O)OC(C)(C)C)CC2. The smallest absolute Gasteiger partial charge is 0.410 e. The first kappa shape index (κ1) is 18.2. The van der Waals surface area contributed by atoms with Gasteiger partial charge in [0.15, 0.2) is 0 Å². The van der Waals surface area contributed by atoms with Gasteiger partial charge in [-0.3, -0.25) is 0 Å². The molecule has 0 unspecified atom stereocenters. The van der Waals surface area contributed by atoms with Gasteiger partial charge in [0.2, 0.25) is 0 Å². The number of ether oxygens (including phenoxy) is 1. The van der Waals surface area contributed by atoms with Crippen LogP contribution in [0, 0.1) is 0 Å². The Morgan fingerprint density at radius 2 is 1.77 bits per heavy atom. The maximum atomic E-state index is 12.4.